The van der Waals surface area contributed by atoms with E-state index in [-0.39, 0.29) is 5.41 Å². The van der Waals surface area contributed by atoms with Gasteiger partial charge in [-0.1, -0.05) is 77.9 Å². The Labute approximate surface area is 129 Å². The molecule has 0 aromatic heterocycles. The lowest BCUT2D eigenvalue weighted by Gasteiger charge is -2.24. The first-order chi connectivity index (χ1) is 9.84. The summed E-state index contributed by atoms with van der Waals surface area (Å²) >= 11 is 0. The van der Waals surface area contributed by atoms with Gasteiger partial charge in [-0.2, -0.15) is 0 Å². The summed E-state index contributed by atoms with van der Waals surface area (Å²) < 4.78 is 0. The van der Waals surface area contributed by atoms with Crippen molar-refractivity contribution < 1.29 is 0 Å². The van der Waals surface area contributed by atoms with Crippen molar-refractivity contribution in [3.8, 4) is 11.1 Å². The molecule has 0 bridgehead atoms. The minimum Gasteiger partial charge on any atom is -0.0619 e. The molecule has 1 aliphatic rings. The van der Waals surface area contributed by atoms with Crippen molar-refractivity contribution in [2.75, 3.05) is 0 Å². The van der Waals surface area contributed by atoms with Gasteiger partial charge < -0.3 is 0 Å². The van der Waals surface area contributed by atoms with Crippen molar-refractivity contribution in [3.63, 3.8) is 0 Å². The van der Waals surface area contributed by atoms with Crippen LogP contribution in [0.5, 0.6) is 0 Å². The number of hydrogen-bond acceptors (Lipinski definition) is 0. The Kier molecular flexibility index (Phi) is 3.24. The average molecular weight is 278 g/mol. The maximum atomic E-state index is 2.48. The molecule has 0 aliphatic heterocycles. The van der Waals surface area contributed by atoms with Gasteiger partial charge in [-0.25, -0.2) is 0 Å². The molecule has 0 fully saturated rings. The van der Waals surface area contributed by atoms with E-state index >= 15 is 0 Å². The standard InChI is InChI=1S/C21H26/c1-13(2)16-11-18-15-9-7-8-10-19(15)21(5,6)20(18)12-17(16)14(3)4/h7-14H,1-6H3. The molecular weight excluding hydrogens is 252 g/mol. The first-order valence-corrected chi connectivity index (χ1v) is 8.12. The van der Waals surface area contributed by atoms with Crippen LogP contribution in [0.4, 0.5) is 0 Å². The lowest BCUT2D eigenvalue weighted by atomic mass is 9.79. The van der Waals surface area contributed by atoms with Crippen LogP contribution in [0.2, 0.25) is 0 Å². The van der Waals surface area contributed by atoms with Crippen LogP contribution in [0.15, 0.2) is 36.4 Å². The minimum atomic E-state index is 0.116. The Morgan fingerprint density at radius 2 is 1.29 bits per heavy atom. The molecule has 1 aliphatic carbocycles. The first-order valence-electron chi connectivity index (χ1n) is 8.12. The van der Waals surface area contributed by atoms with Gasteiger partial charge in [0.1, 0.15) is 0 Å². The summed E-state index contributed by atoms with van der Waals surface area (Å²) in [5.74, 6) is 1.15. The third-order valence-electron chi connectivity index (χ3n) is 5.03. The van der Waals surface area contributed by atoms with E-state index in [1.807, 2.05) is 0 Å². The molecule has 0 spiro atoms. The summed E-state index contributed by atoms with van der Waals surface area (Å²) in [7, 11) is 0. The van der Waals surface area contributed by atoms with Gasteiger partial charge in [-0.05, 0) is 45.2 Å². The van der Waals surface area contributed by atoms with Crippen LogP contribution in [-0.4, -0.2) is 0 Å². The predicted octanol–water partition coefficient (Wildman–Crippen LogP) is 6.24. The van der Waals surface area contributed by atoms with Crippen molar-refractivity contribution in [3.05, 3.63) is 58.7 Å². The highest BCUT2D eigenvalue weighted by molar-refractivity contribution is 5.81. The monoisotopic (exact) mass is 278 g/mol. The second-order valence-electron chi connectivity index (χ2n) is 7.51. The summed E-state index contributed by atoms with van der Waals surface area (Å²) in [4.78, 5) is 0. The Hall–Kier alpha value is -1.56. The summed E-state index contributed by atoms with van der Waals surface area (Å²) in [5.41, 5.74) is 8.98. The quantitative estimate of drug-likeness (QED) is 0.610. The van der Waals surface area contributed by atoms with E-state index in [9.17, 15) is 0 Å². The number of benzene rings is 2. The maximum Gasteiger partial charge on any atom is 0.0158 e. The molecule has 0 N–H and O–H groups in total. The van der Waals surface area contributed by atoms with Gasteiger partial charge in [-0.3, -0.25) is 0 Å². The van der Waals surface area contributed by atoms with Crippen LogP contribution in [0, 0.1) is 0 Å². The molecule has 2 aromatic rings. The summed E-state index contributed by atoms with van der Waals surface area (Å²) in [6, 6.07) is 13.8. The zero-order valence-corrected chi connectivity index (χ0v) is 14.1. The van der Waals surface area contributed by atoms with Crippen molar-refractivity contribution >= 4 is 0 Å². The molecular formula is C21H26. The lowest BCUT2D eigenvalue weighted by molar-refractivity contribution is 0.656. The fourth-order valence-electron chi connectivity index (χ4n) is 3.78. The Bertz CT molecular complexity index is 687. The third kappa shape index (κ3) is 2.04. The molecule has 0 unspecified atom stereocenters. The molecule has 0 saturated carbocycles. The second-order valence-corrected chi connectivity index (χ2v) is 7.51. The second kappa shape index (κ2) is 4.73. The first kappa shape index (κ1) is 14.4. The van der Waals surface area contributed by atoms with Crippen molar-refractivity contribution in [1.29, 1.82) is 0 Å². The fraction of sp³-hybridized carbons (Fsp3) is 0.429. The minimum absolute atomic E-state index is 0.116. The van der Waals surface area contributed by atoms with Gasteiger partial charge in [0.25, 0.3) is 0 Å². The SMILES string of the molecule is CC(C)c1cc2c(cc1C(C)C)C(C)(C)c1ccccc1-2. The zero-order valence-electron chi connectivity index (χ0n) is 14.1. The van der Waals surface area contributed by atoms with Crippen LogP contribution >= 0.6 is 0 Å². The van der Waals surface area contributed by atoms with E-state index in [0.717, 1.165) is 0 Å². The zero-order chi connectivity index (χ0) is 15.4. The van der Waals surface area contributed by atoms with E-state index < -0.39 is 0 Å². The molecule has 0 atom stereocenters. The number of fused-ring (bicyclic) bond motifs is 3. The van der Waals surface area contributed by atoms with Crippen LogP contribution in [0.3, 0.4) is 0 Å². The summed E-state index contributed by atoms with van der Waals surface area (Å²) in [5, 5.41) is 0. The molecule has 3 rings (SSSR count). The summed E-state index contributed by atoms with van der Waals surface area (Å²) in [6.45, 7) is 13.9. The number of rotatable bonds is 2. The van der Waals surface area contributed by atoms with E-state index in [0.29, 0.717) is 11.8 Å². The van der Waals surface area contributed by atoms with Gasteiger partial charge in [-0.15, -0.1) is 0 Å². The lowest BCUT2D eigenvalue weighted by Crippen LogP contribution is -2.15. The topological polar surface area (TPSA) is 0 Å². The van der Waals surface area contributed by atoms with E-state index in [1.165, 1.54) is 33.4 Å². The van der Waals surface area contributed by atoms with Gasteiger partial charge in [0.2, 0.25) is 0 Å². The third-order valence-corrected chi connectivity index (χ3v) is 5.03. The smallest absolute Gasteiger partial charge is 0.0158 e. The highest BCUT2D eigenvalue weighted by Gasteiger charge is 2.36. The fourth-order valence-corrected chi connectivity index (χ4v) is 3.78. The highest BCUT2D eigenvalue weighted by atomic mass is 14.4. The van der Waals surface area contributed by atoms with Gasteiger partial charge in [0, 0.05) is 5.41 Å². The van der Waals surface area contributed by atoms with Crippen LogP contribution < -0.4 is 0 Å². The van der Waals surface area contributed by atoms with Gasteiger partial charge in [0.05, 0.1) is 0 Å². The Morgan fingerprint density at radius 1 is 0.714 bits per heavy atom. The molecule has 0 heteroatoms. The number of hydrogen-bond donors (Lipinski definition) is 0. The van der Waals surface area contributed by atoms with Gasteiger partial charge in [0.15, 0.2) is 0 Å². The van der Waals surface area contributed by atoms with E-state index in [1.54, 1.807) is 0 Å². The van der Waals surface area contributed by atoms with Crippen LogP contribution in [-0.2, 0) is 5.41 Å². The Balaban J connectivity index is 2.33. The maximum absolute atomic E-state index is 2.48. The van der Waals surface area contributed by atoms with Crippen molar-refractivity contribution in [1.82, 2.24) is 0 Å². The van der Waals surface area contributed by atoms with Crippen molar-refractivity contribution in [2.45, 2.75) is 58.8 Å². The molecule has 0 radical (unpaired) electrons. The van der Waals surface area contributed by atoms with E-state index in [4.69, 9.17) is 0 Å². The normalized spacial score (nSPS) is 15.4. The summed E-state index contributed by atoms with van der Waals surface area (Å²) in [6.07, 6.45) is 0. The molecule has 0 nitrogen and oxygen atoms in total. The van der Waals surface area contributed by atoms with Gasteiger partial charge >= 0.3 is 0 Å². The molecule has 0 heterocycles. The van der Waals surface area contributed by atoms with Crippen LogP contribution in [0.25, 0.3) is 11.1 Å². The highest BCUT2D eigenvalue weighted by Crippen LogP contribution is 2.50. The predicted molar refractivity (Wildman–Crippen MR) is 92.2 cm³/mol. The molecule has 0 saturated heterocycles. The molecule has 110 valence electrons. The van der Waals surface area contributed by atoms with E-state index in [2.05, 4.69) is 77.9 Å². The molecule has 21 heavy (non-hydrogen) atoms. The average Bonchev–Trinajstić information content (AvgIpc) is 2.66. The molecule has 0 amide bonds. The molecule has 2 aromatic carbocycles. The largest absolute Gasteiger partial charge is 0.0619 e. The van der Waals surface area contributed by atoms with Crippen molar-refractivity contribution in [2.24, 2.45) is 0 Å². The Morgan fingerprint density at radius 3 is 1.90 bits per heavy atom. The van der Waals surface area contributed by atoms with Crippen LogP contribution in [0.1, 0.15) is 75.6 Å².